The van der Waals surface area contributed by atoms with Crippen LogP contribution in [0, 0.1) is 5.92 Å². The van der Waals surface area contributed by atoms with Gasteiger partial charge in [-0.2, -0.15) is 0 Å². The van der Waals surface area contributed by atoms with Gasteiger partial charge in [-0.25, -0.2) is 4.98 Å². The first-order valence-electron chi connectivity index (χ1n) is 9.69. The number of rotatable bonds is 6. The molecule has 0 radical (unpaired) electrons. The second-order valence-electron chi connectivity index (χ2n) is 7.10. The molecule has 0 atom stereocenters. The number of hydrogen-bond donors (Lipinski definition) is 2. The Balaban J connectivity index is 1.48. The van der Waals surface area contributed by atoms with Crippen LogP contribution in [0.3, 0.4) is 0 Å². The minimum Gasteiger partial charge on any atom is -0.474 e. The molecule has 27 heavy (non-hydrogen) atoms. The van der Waals surface area contributed by atoms with Gasteiger partial charge in [0.2, 0.25) is 5.88 Å². The minimum absolute atomic E-state index is 0.296. The SMILES string of the molecule is CN=C(NCc1ccnc(OC2CCC(C)CC2)c1)NCc1ccccn1. The van der Waals surface area contributed by atoms with Crippen LogP contribution < -0.4 is 15.4 Å². The molecule has 2 aromatic heterocycles. The second kappa shape index (κ2) is 9.90. The van der Waals surface area contributed by atoms with Crippen molar-refractivity contribution in [1.82, 2.24) is 20.6 Å². The van der Waals surface area contributed by atoms with E-state index in [0.717, 1.165) is 36.0 Å². The molecule has 144 valence electrons. The lowest BCUT2D eigenvalue weighted by molar-refractivity contribution is 0.130. The number of nitrogens with zero attached hydrogens (tertiary/aromatic N) is 3. The van der Waals surface area contributed by atoms with Gasteiger partial charge in [-0.3, -0.25) is 9.98 Å². The number of nitrogens with one attached hydrogen (secondary N) is 2. The van der Waals surface area contributed by atoms with Crippen LogP contribution in [0.25, 0.3) is 0 Å². The van der Waals surface area contributed by atoms with E-state index in [2.05, 4.69) is 32.5 Å². The van der Waals surface area contributed by atoms with Crippen molar-refractivity contribution in [2.75, 3.05) is 7.05 Å². The molecule has 2 N–H and O–H groups in total. The Labute approximate surface area is 161 Å². The molecule has 0 amide bonds. The molecule has 0 aliphatic heterocycles. The van der Waals surface area contributed by atoms with Crippen LogP contribution in [-0.2, 0) is 13.1 Å². The van der Waals surface area contributed by atoms with E-state index in [1.165, 1.54) is 12.8 Å². The molecular weight excluding hydrogens is 338 g/mol. The molecule has 1 aliphatic carbocycles. The Morgan fingerprint density at radius 2 is 1.89 bits per heavy atom. The standard InChI is InChI=1S/C21H29N5O/c1-16-6-8-19(9-7-16)27-20-13-17(10-12-24-20)14-25-21(22-2)26-15-18-5-3-4-11-23-18/h3-5,10-13,16,19H,6-9,14-15H2,1-2H3,(H2,22,25,26). The van der Waals surface area contributed by atoms with E-state index in [9.17, 15) is 0 Å². The van der Waals surface area contributed by atoms with Gasteiger partial charge in [0.05, 0.1) is 12.2 Å². The van der Waals surface area contributed by atoms with Gasteiger partial charge < -0.3 is 15.4 Å². The zero-order valence-electron chi connectivity index (χ0n) is 16.2. The Morgan fingerprint density at radius 3 is 2.63 bits per heavy atom. The third kappa shape index (κ3) is 6.24. The van der Waals surface area contributed by atoms with Gasteiger partial charge in [-0.15, -0.1) is 0 Å². The average molecular weight is 367 g/mol. The lowest BCUT2D eigenvalue weighted by atomic mass is 9.89. The molecule has 6 heteroatoms. The largest absolute Gasteiger partial charge is 0.474 e. The predicted octanol–water partition coefficient (Wildman–Crippen LogP) is 3.30. The van der Waals surface area contributed by atoms with Crippen molar-refractivity contribution < 1.29 is 4.74 Å². The van der Waals surface area contributed by atoms with Crippen molar-refractivity contribution in [1.29, 1.82) is 0 Å². The molecule has 0 unspecified atom stereocenters. The van der Waals surface area contributed by atoms with Crippen molar-refractivity contribution in [2.45, 2.75) is 51.8 Å². The summed E-state index contributed by atoms with van der Waals surface area (Å²) >= 11 is 0. The van der Waals surface area contributed by atoms with Crippen molar-refractivity contribution in [2.24, 2.45) is 10.9 Å². The summed E-state index contributed by atoms with van der Waals surface area (Å²) in [5, 5.41) is 6.59. The molecule has 6 nitrogen and oxygen atoms in total. The van der Waals surface area contributed by atoms with Crippen molar-refractivity contribution in [3.8, 4) is 5.88 Å². The summed E-state index contributed by atoms with van der Waals surface area (Å²) in [5.41, 5.74) is 2.09. The van der Waals surface area contributed by atoms with E-state index in [1.807, 2.05) is 36.5 Å². The van der Waals surface area contributed by atoms with Crippen molar-refractivity contribution in [3.63, 3.8) is 0 Å². The van der Waals surface area contributed by atoms with Gasteiger partial charge in [0.1, 0.15) is 6.10 Å². The van der Waals surface area contributed by atoms with Crippen LogP contribution in [0.1, 0.15) is 43.9 Å². The number of guanidine groups is 1. The molecule has 2 heterocycles. The number of ether oxygens (including phenoxy) is 1. The molecule has 1 saturated carbocycles. The van der Waals surface area contributed by atoms with E-state index in [0.29, 0.717) is 25.1 Å². The Hall–Kier alpha value is -2.63. The molecule has 0 bridgehead atoms. The van der Waals surface area contributed by atoms with E-state index < -0.39 is 0 Å². The van der Waals surface area contributed by atoms with E-state index >= 15 is 0 Å². The number of hydrogen-bond acceptors (Lipinski definition) is 4. The van der Waals surface area contributed by atoms with E-state index in [-0.39, 0.29) is 0 Å². The predicted molar refractivity (Wildman–Crippen MR) is 108 cm³/mol. The lowest BCUT2D eigenvalue weighted by Crippen LogP contribution is -2.36. The van der Waals surface area contributed by atoms with Crippen LogP contribution in [0.2, 0.25) is 0 Å². The Bertz CT molecular complexity index is 726. The smallest absolute Gasteiger partial charge is 0.213 e. The molecule has 0 spiro atoms. The fraction of sp³-hybridized carbons (Fsp3) is 0.476. The molecule has 2 aromatic rings. The topological polar surface area (TPSA) is 71.4 Å². The quantitative estimate of drug-likeness (QED) is 0.605. The van der Waals surface area contributed by atoms with Gasteiger partial charge in [-0.1, -0.05) is 13.0 Å². The molecule has 0 saturated heterocycles. The van der Waals surface area contributed by atoms with Gasteiger partial charge in [-0.05, 0) is 55.4 Å². The highest BCUT2D eigenvalue weighted by molar-refractivity contribution is 5.79. The number of aromatic nitrogens is 2. The average Bonchev–Trinajstić information content (AvgIpc) is 2.71. The third-order valence-electron chi connectivity index (χ3n) is 4.90. The van der Waals surface area contributed by atoms with E-state index in [4.69, 9.17) is 4.74 Å². The molecule has 3 rings (SSSR count). The molecule has 0 aromatic carbocycles. The molecular formula is C21H29N5O. The Morgan fingerprint density at radius 1 is 1.07 bits per heavy atom. The summed E-state index contributed by atoms with van der Waals surface area (Å²) in [6.07, 6.45) is 8.62. The maximum absolute atomic E-state index is 6.09. The highest BCUT2D eigenvalue weighted by atomic mass is 16.5. The molecule has 1 fully saturated rings. The van der Waals surface area contributed by atoms with E-state index in [1.54, 1.807) is 13.2 Å². The summed E-state index contributed by atoms with van der Waals surface area (Å²) in [7, 11) is 1.76. The van der Waals surface area contributed by atoms with Crippen molar-refractivity contribution in [3.05, 3.63) is 54.0 Å². The fourth-order valence-electron chi connectivity index (χ4n) is 3.23. The maximum atomic E-state index is 6.09. The summed E-state index contributed by atoms with van der Waals surface area (Å²) in [6.45, 7) is 3.60. The monoisotopic (exact) mass is 367 g/mol. The number of aliphatic imine (C=N–C) groups is 1. The van der Waals surface area contributed by atoms with Crippen molar-refractivity contribution >= 4 is 5.96 Å². The summed E-state index contributed by atoms with van der Waals surface area (Å²) in [4.78, 5) is 12.9. The first-order chi connectivity index (χ1) is 13.2. The zero-order chi connectivity index (χ0) is 18.9. The first-order valence-corrected chi connectivity index (χ1v) is 9.69. The van der Waals surface area contributed by atoms with Crippen LogP contribution in [0.15, 0.2) is 47.7 Å². The molecule has 1 aliphatic rings. The van der Waals surface area contributed by atoms with Gasteiger partial charge in [0.25, 0.3) is 0 Å². The zero-order valence-corrected chi connectivity index (χ0v) is 16.2. The highest BCUT2D eigenvalue weighted by Crippen LogP contribution is 2.26. The van der Waals surface area contributed by atoms with Gasteiger partial charge in [0.15, 0.2) is 5.96 Å². The summed E-state index contributed by atoms with van der Waals surface area (Å²) in [5.74, 6) is 2.27. The maximum Gasteiger partial charge on any atom is 0.213 e. The minimum atomic E-state index is 0.296. The van der Waals surface area contributed by atoms with Crippen LogP contribution in [0.4, 0.5) is 0 Å². The third-order valence-corrected chi connectivity index (χ3v) is 4.90. The second-order valence-corrected chi connectivity index (χ2v) is 7.10. The van der Waals surface area contributed by atoms with Crippen LogP contribution in [0.5, 0.6) is 5.88 Å². The first kappa shape index (κ1) is 19.1. The van der Waals surface area contributed by atoms with Gasteiger partial charge in [0, 0.05) is 32.1 Å². The van der Waals surface area contributed by atoms with Crippen LogP contribution in [-0.4, -0.2) is 29.1 Å². The summed E-state index contributed by atoms with van der Waals surface area (Å²) in [6, 6.07) is 9.88. The van der Waals surface area contributed by atoms with Gasteiger partial charge >= 0.3 is 0 Å². The lowest BCUT2D eigenvalue weighted by Gasteiger charge is -2.26. The fourth-order valence-corrected chi connectivity index (χ4v) is 3.23. The normalized spacial score (nSPS) is 20.1. The van der Waals surface area contributed by atoms with Crippen LogP contribution >= 0.6 is 0 Å². The summed E-state index contributed by atoms with van der Waals surface area (Å²) < 4.78 is 6.09. The number of pyridine rings is 2. The Kier molecular flexibility index (Phi) is 7.02. The highest BCUT2D eigenvalue weighted by Gasteiger charge is 2.19.